The van der Waals surface area contributed by atoms with Crippen LogP contribution in [0.25, 0.3) is 11.4 Å². The summed E-state index contributed by atoms with van der Waals surface area (Å²) in [6.45, 7) is 5.35. The molecule has 0 radical (unpaired) electrons. The third-order valence-electron chi connectivity index (χ3n) is 4.39. The summed E-state index contributed by atoms with van der Waals surface area (Å²) in [6.07, 6.45) is -0.177. The summed E-state index contributed by atoms with van der Waals surface area (Å²) < 4.78 is 11.3. The molecule has 0 saturated carbocycles. The van der Waals surface area contributed by atoms with Crippen LogP contribution in [-0.2, 0) is 11.3 Å². The van der Waals surface area contributed by atoms with E-state index < -0.39 is 0 Å². The largest absolute Gasteiger partial charge is 0.366 e. The number of ether oxygens (including phenoxy) is 1. The monoisotopic (exact) mass is 335 g/mol. The lowest BCUT2D eigenvalue weighted by Gasteiger charge is -2.31. The Morgan fingerprint density at radius 2 is 2.00 bits per heavy atom. The van der Waals surface area contributed by atoms with E-state index >= 15 is 0 Å². The Hall–Kier alpha value is -2.50. The number of morpholine rings is 1. The van der Waals surface area contributed by atoms with Crippen LogP contribution in [0.3, 0.4) is 0 Å². The fourth-order valence-electron chi connectivity index (χ4n) is 3.13. The van der Waals surface area contributed by atoms with E-state index in [4.69, 9.17) is 9.26 Å². The van der Waals surface area contributed by atoms with Gasteiger partial charge < -0.3 is 9.26 Å². The van der Waals surface area contributed by atoms with Gasteiger partial charge in [0.25, 0.3) is 5.89 Å². The molecule has 3 aromatic rings. The summed E-state index contributed by atoms with van der Waals surface area (Å²) in [5, 5.41) is 4.10. The molecule has 2 aromatic carbocycles. The van der Waals surface area contributed by atoms with Gasteiger partial charge in [-0.1, -0.05) is 65.3 Å². The van der Waals surface area contributed by atoms with Gasteiger partial charge >= 0.3 is 0 Å². The van der Waals surface area contributed by atoms with Crippen LogP contribution in [0.1, 0.15) is 23.1 Å². The smallest absolute Gasteiger partial charge is 0.257 e. The Balaban J connectivity index is 1.45. The fraction of sp³-hybridized carbons (Fsp3) is 0.300. The van der Waals surface area contributed by atoms with Gasteiger partial charge in [-0.15, -0.1) is 0 Å². The van der Waals surface area contributed by atoms with Crippen LogP contribution in [-0.4, -0.2) is 34.7 Å². The number of nitrogens with zero attached hydrogens (tertiary/aromatic N) is 3. The van der Waals surface area contributed by atoms with Crippen LogP contribution in [0.4, 0.5) is 0 Å². The molecule has 0 aliphatic carbocycles. The van der Waals surface area contributed by atoms with Crippen molar-refractivity contribution in [2.24, 2.45) is 0 Å². The van der Waals surface area contributed by atoms with Gasteiger partial charge in [-0.3, -0.25) is 4.90 Å². The van der Waals surface area contributed by atoms with E-state index in [1.165, 1.54) is 11.1 Å². The SMILES string of the molecule is Cc1cccc(CN2CCOC(c3nc(-c4ccccc4)no3)C2)c1. The van der Waals surface area contributed by atoms with Crippen LogP contribution in [0.5, 0.6) is 0 Å². The Morgan fingerprint density at radius 3 is 2.84 bits per heavy atom. The first-order valence-electron chi connectivity index (χ1n) is 8.56. The second kappa shape index (κ2) is 7.17. The first-order valence-corrected chi connectivity index (χ1v) is 8.56. The summed E-state index contributed by atoms with van der Waals surface area (Å²) in [7, 11) is 0. The quantitative estimate of drug-likeness (QED) is 0.729. The van der Waals surface area contributed by atoms with Crippen molar-refractivity contribution in [1.29, 1.82) is 0 Å². The highest BCUT2D eigenvalue weighted by Crippen LogP contribution is 2.24. The molecule has 5 nitrogen and oxygen atoms in total. The molecule has 1 saturated heterocycles. The third kappa shape index (κ3) is 3.78. The lowest BCUT2D eigenvalue weighted by atomic mass is 10.1. The van der Waals surface area contributed by atoms with E-state index in [0.717, 1.165) is 25.2 Å². The van der Waals surface area contributed by atoms with Gasteiger partial charge in [0.2, 0.25) is 5.82 Å². The van der Waals surface area contributed by atoms with Gasteiger partial charge in [-0.25, -0.2) is 0 Å². The van der Waals surface area contributed by atoms with E-state index in [9.17, 15) is 0 Å². The minimum absolute atomic E-state index is 0.177. The highest BCUT2D eigenvalue weighted by atomic mass is 16.5. The highest BCUT2D eigenvalue weighted by Gasteiger charge is 2.27. The van der Waals surface area contributed by atoms with Crippen molar-refractivity contribution in [3.05, 3.63) is 71.6 Å². The zero-order valence-electron chi connectivity index (χ0n) is 14.3. The molecular formula is C20H21N3O2. The molecule has 0 amide bonds. The van der Waals surface area contributed by atoms with Crippen molar-refractivity contribution in [2.75, 3.05) is 19.7 Å². The minimum Gasteiger partial charge on any atom is -0.366 e. The van der Waals surface area contributed by atoms with Gasteiger partial charge in [0, 0.05) is 25.2 Å². The first kappa shape index (κ1) is 16.0. The molecule has 128 valence electrons. The molecule has 1 aromatic heterocycles. The van der Waals surface area contributed by atoms with E-state index in [0.29, 0.717) is 18.3 Å². The zero-order chi connectivity index (χ0) is 17.1. The average molecular weight is 335 g/mol. The van der Waals surface area contributed by atoms with Crippen molar-refractivity contribution in [3.63, 3.8) is 0 Å². The zero-order valence-corrected chi connectivity index (χ0v) is 14.3. The van der Waals surface area contributed by atoms with Crippen LogP contribution in [0.15, 0.2) is 59.1 Å². The maximum Gasteiger partial charge on any atom is 0.257 e. The average Bonchev–Trinajstić information content (AvgIpc) is 3.13. The number of benzene rings is 2. The predicted molar refractivity (Wildman–Crippen MR) is 94.9 cm³/mol. The number of rotatable bonds is 4. The van der Waals surface area contributed by atoms with Gasteiger partial charge in [0.05, 0.1) is 6.61 Å². The standard InChI is InChI=1S/C20H21N3O2/c1-15-6-5-7-16(12-15)13-23-10-11-24-18(14-23)20-21-19(22-25-20)17-8-3-2-4-9-17/h2-9,12,18H,10-11,13-14H2,1H3. The van der Waals surface area contributed by atoms with Crippen molar-refractivity contribution >= 4 is 0 Å². The van der Waals surface area contributed by atoms with Crippen LogP contribution in [0, 0.1) is 6.92 Å². The summed E-state index contributed by atoms with van der Waals surface area (Å²) in [5.74, 6) is 1.16. The highest BCUT2D eigenvalue weighted by molar-refractivity contribution is 5.53. The first-order chi connectivity index (χ1) is 12.3. The summed E-state index contributed by atoms with van der Waals surface area (Å²) in [5.41, 5.74) is 3.55. The van der Waals surface area contributed by atoms with E-state index in [1.54, 1.807) is 0 Å². The molecule has 1 fully saturated rings. The van der Waals surface area contributed by atoms with Crippen LogP contribution < -0.4 is 0 Å². The van der Waals surface area contributed by atoms with Crippen molar-refractivity contribution in [1.82, 2.24) is 15.0 Å². The van der Waals surface area contributed by atoms with Gasteiger partial charge in [0.1, 0.15) is 6.10 Å². The lowest BCUT2D eigenvalue weighted by Crippen LogP contribution is -2.37. The molecule has 5 heteroatoms. The topological polar surface area (TPSA) is 51.4 Å². The van der Waals surface area contributed by atoms with Gasteiger partial charge in [-0.05, 0) is 12.5 Å². The van der Waals surface area contributed by atoms with E-state index in [2.05, 4.69) is 46.2 Å². The van der Waals surface area contributed by atoms with Crippen molar-refractivity contribution in [3.8, 4) is 11.4 Å². The predicted octanol–water partition coefficient (Wildman–Crippen LogP) is 3.62. The molecule has 0 spiro atoms. The van der Waals surface area contributed by atoms with E-state index in [1.807, 2.05) is 30.3 Å². The molecule has 1 unspecified atom stereocenters. The maximum absolute atomic E-state index is 5.87. The van der Waals surface area contributed by atoms with Crippen molar-refractivity contribution < 1.29 is 9.26 Å². The number of hydrogen-bond donors (Lipinski definition) is 0. The van der Waals surface area contributed by atoms with Crippen LogP contribution >= 0.6 is 0 Å². The van der Waals surface area contributed by atoms with Gasteiger partial charge in [-0.2, -0.15) is 4.98 Å². The molecule has 1 aliphatic rings. The Bertz CT molecular complexity index is 832. The number of hydrogen-bond acceptors (Lipinski definition) is 5. The molecule has 0 N–H and O–H groups in total. The second-order valence-corrected chi connectivity index (χ2v) is 6.41. The number of aromatic nitrogens is 2. The molecular weight excluding hydrogens is 314 g/mol. The van der Waals surface area contributed by atoms with Crippen LogP contribution in [0.2, 0.25) is 0 Å². The fourth-order valence-corrected chi connectivity index (χ4v) is 3.13. The molecule has 2 heterocycles. The molecule has 1 aliphatic heterocycles. The normalized spacial score (nSPS) is 18.4. The number of aryl methyl sites for hydroxylation is 1. The maximum atomic E-state index is 5.87. The summed E-state index contributed by atoms with van der Waals surface area (Å²) in [4.78, 5) is 6.90. The lowest BCUT2D eigenvalue weighted by molar-refractivity contribution is -0.0475. The molecule has 1 atom stereocenters. The molecule has 4 rings (SSSR count). The second-order valence-electron chi connectivity index (χ2n) is 6.41. The Morgan fingerprint density at radius 1 is 1.12 bits per heavy atom. The molecule has 0 bridgehead atoms. The Kier molecular flexibility index (Phi) is 4.59. The van der Waals surface area contributed by atoms with Gasteiger partial charge in [0.15, 0.2) is 0 Å². The summed E-state index contributed by atoms with van der Waals surface area (Å²) in [6, 6.07) is 18.5. The Labute approximate surface area is 147 Å². The summed E-state index contributed by atoms with van der Waals surface area (Å²) >= 11 is 0. The minimum atomic E-state index is -0.177. The third-order valence-corrected chi connectivity index (χ3v) is 4.39. The van der Waals surface area contributed by atoms with E-state index in [-0.39, 0.29) is 6.10 Å². The molecule has 25 heavy (non-hydrogen) atoms. The van der Waals surface area contributed by atoms with Crippen molar-refractivity contribution in [2.45, 2.75) is 19.6 Å².